The first-order valence-electron chi connectivity index (χ1n) is 10.5. The highest BCUT2D eigenvalue weighted by Gasteiger charge is 2.34. The number of aliphatic imine (C=N–C) groups is 1. The van der Waals surface area contributed by atoms with Crippen LogP contribution in [0.3, 0.4) is 0 Å². The van der Waals surface area contributed by atoms with Gasteiger partial charge in [-0.3, -0.25) is 9.69 Å². The fourth-order valence-electron chi connectivity index (χ4n) is 3.35. The number of thioether (sulfide) groups is 1. The lowest BCUT2D eigenvalue weighted by atomic mass is 10.2. The Balaban J connectivity index is 1.43. The Morgan fingerprint density at radius 2 is 1.64 bits per heavy atom. The van der Waals surface area contributed by atoms with Gasteiger partial charge in [-0.15, -0.1) is 0 Å². The number of amides is 1. The van der Waals surface area contributed by atoms with Crippen LogP contribution in [-0.2, 0) is 11.3 Å². The van der Waals surface area contributed by atoms with Gasteiger partial charge >= 0.3 is 0 Å². The van der Waals surface area contributed by atoms with Gasteiger partial charge in [0, 0.05) is 0 Å². The lowest BCUT2D eigenvalue weighted by Crippen LogP contribution is -2.28. The lowest BCUT2D eigenvalue weighted by Gasteiger charge is -2.13. The van der Waals surface area contributed by atoms with Crippen LogP contribution in [0.2, 0.25) is 0 Å². The fourth-order valence-corrected chi connectivity index (χ4v) is 4.34. The summed E-state index contributed by atoms with van der Waals surface area (Å²) in [5.41, 5.74) is 1.66. The zero-order chi connectivity index (χ0) is 22.5. The molecule has 0 aliphatic carbocycles. The molecule has 33 heavy (non-hydrogen) atoms. The van der Waals surface area contributed by atoms with Crippen LogP contribution in [0.25, 0.3) is 6.08 Å². The first-order chi connectivity index (χ1) is 16.2. The second-order valence-corrected chi connectivity index (χ2v) is 8.31. The molecule has 0 atom stereocenters. The van der Waals surface area contributed by atoms with E-state index in [0.29, 0.717) is 28.1 Å². The molecule has 0 bridgehead atoms. The van der Waals surface area contributed by atoms with Crippen LogP contribution in [0.4, 0.5) is 5.69 Å². The molecule has 6 heteroatoms. The molecular weight excluding hydrogens is 432 g/mol. The maximum Gasteiger partial charge on any atom is 0.267 e. The summed E-state index contributed by atoms with van der Waals surface area (Å²) in [4.78, 5) is 20.2. The molecule has 1 aliphatic rings. The first kappa shape index (κ1) is 20.8. The normalized spacial score (nSPS) is 16.0. The Kier molecular flexibility index (Phi) is 6.08. The lowest BCUT2D eigenvalue weighted by molar-refractivity contribution is -0.122. The molecule has 2 heterocycles. The molecule has 162 valence electrons. The van der Waals surface area contributed by atoms with Gasteiger partial charge < -0.3 is 9.15 Å². The standard InChI is InChI=1S/C27H20N2O3S/c30-26-25(18-20-9-7-14-23(17-20)32-22-12-5-2-6-13-22)33-27(28-21-10-3-1-4-11-21)29(26)19-24-15-8-16-31-24/h1-18H,19H2/b25-18+,28-27?. The maximum absolute atomic E-state index is 13.3. The summed E-state index contributed by atoms with van der Waals surface area (Å²) in [6.07, 6.45) is 3.47. The van der Waals surface area contributed by atoms with Crippen molar-refractivity contribution in [3.05, 3.63) is 120 Å². The molecular formula is C27H20N2O3S. The van der Waals surface area contributed by atoms with Gasteiger partial charge in [-0.2, -0.15) is 0 Å². The molecule has 5 nitrogen and oxygen atoms in total. The summed E-state index contributed by atoms with van der Waals surface area (Å²) < 4.78 is 11.4. The van der Waals surface area contributed by atoms with E-state index in [1.165, 1.54) is 11.8 Å². The number of hydrogen-bond acceptors (Lipinski definition) is 5. The van der Waals surface area contributed by atoms with Crippen LogP contribution >= 0.6 is 11.8 Å². The Bertz CT molecular complexity index is 1300. The molecule has 1 aliphatic heterocycles. The molecule has 1 saturated heterocycles. The Labute approximate surface area is 196 Å². The zero-order valence-corrected chi connectivity index (χ0v) is 18.4. The summed E-state index contributed by atoms with van der Waals surface area (Å²) in [5.74, 6) is 2.05. The van der Waals surface area contributed by atoms with E-state index in [-0.39, 0.29) is 5.91 Å². The van der Waals surface area contributed by atoms with Crippen molar-refractivity contribution < 1.29 is 13.9 Å². The molecule has 1 amide bonds. The number of carbonyl (C=O) groups excluding carboxylic acids is 1. The molecule has 0 unspecified atom stereocenters. The number of benzene rings is 3. The van der Waals surface area contributed by atoms with Crippen LogP contribution in [0.1, 0.15) is 11.3 Å². The van der Waals surface area contributed by atoms with Gasteiger partial charge in [0.25, 0.3) is 5.91 Å². The quantitative estimate of drug-likeness (QED) is 0.299. The Morgan fingerprint density at radius 3 is 2.39 bits per heavy atom. The summed E-state index contributed by atoms with van der Waals surface area (Å²) in [6.45, 7) is 0.318. The molecule has 0 saturated carbocycles. The maximum atomic E-state index is 13.3. The SMILES string of the molecule is O=C1/C(=C\c2cccc(Oc3ccccc3)c2)SC(=Nc2ccccc2)N1Cc1ccco1. The van der Waals surface area contributed by atoms with E-state index in [1.54, 1.807) is 11.2 Å². The minimum absolute atomic E-state index is 0.111. The van der Waals surface area contributed by atoms with Crippen molar-refractivity contribution in [2.75, 3.05) is 0 Å². The second-order valence-electron chi connectivity index (χ2n) is 7.30. The van der Waals surface area contributed by atoms with Crippen LogP contribution in [-0.4, -0.2) is 16.0 Å². The van der Waals surface area contributed by atoms with Gasteiger partial charge in [0.15, 0.2) is 5.17 Å². The molecule has 5 rings (SSSR count). The van der Waals surface area contributed by atoms with Crippen LogP contribution in [0.15, 0.2) is 118 Å². The number of nitrogens with zero attached hydrogens (tertiary/aromatic N) is 2. The predicted molar refractivity (Wildman–Crippen MR) is 131 cm³/mol. The fraction of sp³-hybridized carbons (Fsp3) is 0.0370. The molecule has 3 aromatic carbocycles. The van der Waals surface area contributed by atoms with E-state index in [9.17, 15) is 4.79 Å². The van der Waals surface area contributed by atoms with E-state index in [1.807, 2.05) is 103 Å². The van der Waals surface area contributed by atoms with Gasteiger partial charge in [0.2, 0.25) is 0 Å². The molecule has 4 aromatic rings. The Hall–Kier alpha value is -4.03. The van der Waals surface area contributed by atoms with Crippen molar-refractivity contribution in [2.24, 2.45) is 4.99 Å². The third kappa shape index (κ3) is 5.07. The number of furan rings is 1. The molecule has 0 N–H and O–H groups in total. The Morgan fingerprint density at radius 1 is 0.879 bits per heavy atom. The third-order valence-electron chi connectivity index (χ3n) is 4.90. The minimum atomic E-state index is -0.111. The minimum Gasteiger partial charge on any atom is -0.467 e. The average molecular weight is 453 g/mol. The number of para-hydroxylation sites is 2. The molecule has 0 radical (unpaired) electrons. The van der Waals surface area contributed by atoms with Crippen molar-refractivity contribution >= 4 is 34.6 Å². The predicted octanol–water partition coefficient (Wildman–Crippen LogP) is 6.88. The second kappa shape index (κ2) is 9.63. The number of amidine groups is 1. The van der Waals surface area contributed by atoms with Gasteiger partial charge in [0.1, 0.15) is 17.3 Å². The van der Waals surface area contributed by atoms with E-state index < -0.39 is 0 Å². The third-order valence-corrected chi connectivity index (χ3v) is 5.90. The van der Waals surface area contributed by atoms with Gasteiger partial charge in [-0.05, 0) is 71.9 Å². The summed E-state index contributed by atoms with van der Waals surface area (Å²) >= 11 is 1.35. The van der Waals surface area contributed by atoms with E-state index in [0.717, 1.165) is 17.0 Å². The average Bonchev–Trinajstić information content (AvgIpc) is 3.45. The van der Waals surface area contributed by atoms with Gasteiger partial charge in [-0.1, -0.05) is 48.5 Å². The highest BCUT2D eigenvalue weighted by atomic mass is 32.2. The highest BCUT2D eigenvalue weighted by Crippen LogP contribution is 2.35. The highest BCUT2D eigenvalue weighted by molar-refractivity contribution is 8.18. The number of hydrogen-bond donors (Lipinski definition) is 0. The van der Waals surface area contributed by atoms with Gasteiger partial charge in [0.05, 0.1) is 23.4 Å². The molecule has 0 spiro atoms. The summed E-state index contributed by atoms with van der Waals surface area (Å²) in [7, 11) is 0. The van der Waals surface area contributed by atoms with Crippen LogP contribution in [0, 0.1) is 0 Å². The van der Waals surface area contributed by atoms with Gasteiger partial charge in [-0.25, -0.2) is 4.99 Å². The van der Waals surface area contributed by atoms with Crippen molar-refractivity contribution in [3.8, 4) is 11.5 Å². The van der Waals surface area contributed by atoms with E-state index >= 15 is 0 Å². The van der Waals surface area contributed by atoms with Crippen molar-refractivity contribution in [1.29, 1.82) is 0 Å². The summed E-state index contributed by atoms with van der Waals surface area (Å²) in [6, 6.07) is 30.5. The zero-order valence-electron chi connectivity index (χ0n) is 17.6. The molecule has 1 fully saturated rings. The smallest absolute Gasteiger partial charge is 0.267 e. The topological polar surface area (TPSA) is 55.0 Å². The van der Waals surface area contributed by atoms with Crippen molar-refractivity contribution in [2.45, 2.75) is 6.54 Å². The first-order valence-corrected chi connectivity index (χ1v) is 11.3. The van der Waals surface area contributed by atoms with Crippen molar-refractivity contribution in [1.82, 2.24) is 4.90 Å². The van der Waals surface area contributed by atoms with E-state index in [2.05, 4.69) is 0 Å². The monoisotopic (exact) mass is 452 g/mol. The number of carbonyl (C=O) groups is 1. The van der Waals surface area contributed by atoms with E-state index in [4.69, 9.17) is 14.1 Å². The molecule has 1 aromatic heterocycles. The van der Waals surface area contributed by atoms with Crippen molar-refractivity contribution in [3.63, 3.8) is 0 Å². The largest absolute Gasteiger partial charge is 0.467 e. The number of ether oxygens (including phenoxy) is 1. The summed E-state index contributed by atoms with van der Waals surface area (Å²) in [5, 5.41) is 0.616. The van der Waals surface area contributed by atoms with Crippen LogP contribution < -0.4 is 4.74 Å². The van der Waals surface area contributed by atoms with Crippen LogP contribution in [0.5, 0.6) is 11.5 Å². The number of rotatable bonds is 6.